The van der Waals surface area contributed by atoms with Crippen LogP contribution in [0.5, 0.6) is 0 Å². The smallest absolute Gasteiger partial charge is 0.296 e. The molecule has 2 amide bonds. The van der Waals surface area contributed by atoms with Crippen LogP contribution >= 0.6 is 0 Å². The normalized spacial score (nSPS) is 25.2. The predicted octanol–water partition coefficient (Wildman–Crippen LogP) is 4.88. The molecule has 0 radical (unpaired) electrons. The van der Waals surface area contributed by atoms with Gasteiger partial charge in [-0.3, -0.25) is 19.8 Å². The molecule has 1 N–H and O–H groups in total. The number of likely N-dealkylation sites (tertiary alicyclic amines) is 2. The molecule has 4 aliphatic rings. The number of anilines is 1. The number of carbonyl (C=O) groups is 2. The second-order valence-electron chi connectivity index (χ2n) is 12.1. The molecular weight excluding hydrogens is 492 g/mol. The maximum Gasteiger partial charge on any atom is 0.296 e. The average molecular weight is 529 g/mol. The monoisotopic (exact) mass is 528 g/mol. The van der Waals surface area contributed by atoms with Gasteiger partial charge >= 0.3 is 0 Å². The van der Waals surface area contributed by atoms with Crippen molar-refractivity contribution in [3.8, 4) is 0 Å². The molecular formula is C30H36N6O3. The maximum absolute atomic E-state index is 13.3. The highest BCUT2D eigenvalue weighted by atomic mass is 16.5. The average Bonchev–Trinajstić information content (AvgIpc) is 3.67. The molecule has 4 heterocycles. The first kappa shape index (κ1) is 24.6. The Hall–Kier alpha value is -3.46. The lowest BCUT2D eigenvalue weighted by Gasteiger charge is -2.46. The molecule has 9 heteroatoms. The number of hydrogen-bond acceptors (Lipinski definition) is 6. The fourth-order valence-electron chi connectivity index (χ4n) is 7.06. The molecule has 2 aromatic heterocycles. The topological polar surface area (TPSA) is 96.5 Å². The summed E-state index contributed by atoms with van der Waals surface area (Å²) in [5.74, 6) is 0.866. The Morgan fingerprint density at radius 3 is 2.69 bits per heavy atom. The Bertz CT molecular complexity index is 1420. The van der Waals surface area contributed by atoms with Crippen LogP contribution in [0.25, 0.3) is 11.0 Å². The van der Waals surface area contributed by atoms with Crippen LogP contribution in [0.1, 0.15) is 85.1 Å². The molecule has 2 saturated carbocycles. The molecule has 1 spiro atoms. The quantitative estimate of drug-likeness (QED) is 0.439. The number of nitrogens with zero attached hydrogens (tertiary/aromatic N) is 5. The van der Waals surface area contributed by atoms with E-state index < -0.39 is 0 Å². The van der Waals surface area contributed by atoms with E-state index in [1.54, 1.807) is 6.07 Å². The zero-order valence-corrected chi connectivity index (χ0v) is 22.4. The minimum absolute atomic E-state index is 0.00946. The van der Waals surface area contributed by atoms with E-state index in [-0.39, 0.29) is 29.0 Å². The molecule has 3 aromatic rings. The summed E-state index contributed by atoms with van der Waals surface area (Å²) in [5.41, 5.74) is 4.16. The van der Waals surface area contributed by atoms with Crippen molar-refractivity contribution in [3.63, 3.8) is 0 Å². The summed E-state index contributed by atoms with van der Waals surface area (Å²) in [6.07, 6.45) is 10.2. The highest BCUT2D eigenvalue weighted by Crippen LogP contribution is 2.55. The van der Waals surface area contributed by atoms with Crippen LogP contribution in [-0.2, 0) is 11.3 Å². The van der Waals surface area contributed by atoms with Crippen LogP contribution in [0.4, 0.5) is 5.95 Å². The lowest BCUT2D eigenvalue weighted by molar-refractivity contribution is -0.125. The van der Waals surface area contributed by atoms with E-state index in [2.05, 4.69) is 44.7 Å². The number of carbonyl (C=O) groups excluding carboxylic acids is 2. The van der Waals surface area contributed by atoms with Gasteiger partial charge in [0, 0.05) is 37.7 Å². The Balaban J connectivity index is 1.16. The van der Waals surface area contributed by atoms with E-state index in [1.807, 2.05) is 4.90 Å². The van der Waals surface area contributed by atoms with Gasteiger partial charge in [-0.1, -0.05) is 24.2 Å². The molecule has 39 heavy (non-hydrogen) atoms. The van der Waals surface area contributed by atoms with E-state index in [1.165, 1.54) is 30.9 Å². The molecule has 4 fully saturated rings. The van der Waals surface area contributed by atoms with Crippen molar-refractivity contribution in [2.75, 3.05) is 31.5 Å². The maximum atomic E-state index is 13.3. The lowest BCUT2D eigenvalue weighted by atomic mass is 9.64. The zero-order chi connectivity index (χ0) is 26.6. The van der Waals surface area contributed by atoms with Gasteiger partial charge in [0.1, 0.15) is 0 Å². The van der Waals surface area contributed by atoms with Gasteiger partial charge in [-0.05, 0) is 87.2 Å². The van der Waals surface area contributed by atoms with Gasteiger partial charge in [-0.25, -0.2) is 4.98 Å². The van der Waals surface area contributed by atoms with Crippen LogP contribution < -0.4 is 5.32 Å². The summed E-state index contributed by atoms with van der Waals surface area (Å²) >= 11 is 0. The Morgan fingerprint density at radius 2 is 1.95 bits per heavy atom. The van der Waals surface area contributed by atoms with Crippen molar-refractivity contribution >= 4 is 28.8 Å². The number of imidazole rings is 1. The van der Waals surface area contributed by atoms with Gasteiger partial charge in [0.25, 0.3) is 5.91 Å². The van der Waals surface area contributed by atoms with E-state index in [9.17, 15) is 9.59 Å². The molecule has 0 atom stereocenters. The van der Waals surface area contributed by atoms with Crippen molar-refractivity contribution < 1.29 is 14.1 Å². The van der Waals surface area contributed by atoms with Gasteiger partial charge in [0.15, 0.2) is 0 Å². The minimum Gasteiger partial charge on any atom is -0.351 e. The standard InChI is InChI=1S/C30H36N6O3/c1-2-27(37)35-13-10-30(19-35)16-22(17-30)36-25-9-8-20(18-34-11-3-4-12-34)14-24(25)31-29(36)32-28(38)26-15-23(33-39-26)21-6-5-7-21/h2,8-9,14-15,21-22H,1,3-7,10-13,16-19H2,(H,31,32,38)/t22-,30-. The van der Waals surface area contributed by atoms with Crippen molar-refractivity contribution in [3.05, 3.63) is 53.9 Å². The molecule has 7 rings (SSSR count). The Kier molecular flexibility index (Phi) is 6.06. The predicted molar refractivity (Wildman–Crippen MR) is 147 cm³/mol. The first-order chi connectivity index (χ1) is 19.0. The van der Waals surface area contributed by atoms with Crippen molar-refractivity contribution in [2.24, 2.45) is 5.41 Å². The van der Waals surface area contributed by atoms with Crippen LogP contribution in [-0.4, -0.2) is 62.5 Å². The summed E-state index contributed by atoms with van der Waals surface area (Å²) in [5, 5.41) is 7.21. The van der Waals surface area contributed by atoms with Crippen LogP contribution in [0.15, 0.2) is 41.4 Å². The summed E-state index contributed by atoms with van der Waals surface area (Å²) in [6, 6.07) is 8.49. The van der Waals surface area contributed by atoms with Gasteiger partial charge in [0.05, 0.1) is 16.7 Å². The van der Waals surface area contributed by atoms with Crippen LogP contribution in [0, 0.1) is 5.41 Å². The third kappa shape index (κ3) is 4.46. The van der Waals surface area contributed by atoms with Gasteiger partial charge in [-0.15, -0.1) is 0 Å². The van der Waals surface area contributed by atoms with Crippen LogP contribution in [0.3, 0.4) is 0 Å². The van der Waals surface area contributed by atoms with Crippen molar-refractivity contribution in [2.45, 2.75) is 69.9 Å². The van der Waals surface area contributed by atoms with E-state index in [0.29, 0.717) is 11.9 Å². The molecule has 1 aromatic carbocycles. The van der Waals surface area contributed by atoms with E-state index >= 15 is 0 Å². The Morgan fingerprint density at radius 1 is 1.13 bits per heavy atom. The fraction of sp³-hybridized carbons (Fsp3) is 0.533. The number of fused-ring (bicyclic) bond motifs is 1. The number of nitrogens with one attached hydrogen (secondary N) is 1. The molecule has 0 bridgehead atoms. The van der Waals surface area contributed by atoms with Crippen molar-refractivity contribution in [1.82, 2.24) is 24.5 Å². The SMILES string of the molecule is C=CC(=O)N1CC[C@]2(C1)C[C@H](n1c(NC(=O)c3cc(C4CCC4)no3)nc3cc(CN4CCCC4)ccc31)C2. The number of amides is 2. The van der Waals surface area contributed by atoms with Crippen molar-refractivity contribution in [1.29, 1.82) is 0 Å². The highest BCUT2D eigenvalue weighted by molar-refractivity contribution is 6.02. The number of benzene rings is 1. The summed E-state index contributed by atoms with van der Waals surface area (Å²) in [7, 11) is 0. The molecule has 2 saturated heterocycles. The summed E-state index contributed by atoms with van der Waals surface area (Å²) in [4.78, 5) is 34.8. The molecule has 9 nitrogen and oxygen atoms in total. The van der Waals surface area contributed by atoms with Gasteiger partial charge in [0.2, 0.25) is 17.6 Å². The third-order valence-electron chi connectivity index (χ3n) is 9.49. The van der Waals surface area contributed by atoms with E-state index in [4.69, 9.17) is 9.51 Å². The van der Waals surface area contributed by atoms with E-state index in [0.717, 1.165) is 81.6 Å². The molecule has 0 unspecified atom stereocenters. The fourth-order valence-corrected chi connectivity index (χ4v) is 7.06. The number of rotatable bonds is 7. The zero-order valence-electron chi connectivity index (χ0n) is 22.4. The largest absolute Gasteiger partial charge is 0.351 e. The molecule has 2 aliphatic carbocycles. The molecule has 2 aliphatic heterocycles. The number of hydrogen-bond donors (Lipinski definition) is 1. The summed E-state index contributed by atoms with van der Waals surface area (Å²) in [6.45, 7) is 8.40. The second kappa shape index (κ2) is 9.62. The highest BCUT2D eigenvalue weighted by Gasteiger charge is 2.50. The minimum atomic E-state index is -0.320. The Labute approximate surface area is 228 Å². The third-order valence-corrected chi connectivity index (χ3v) is 9.49. The van der Waals surface area contributed by atoms with Crippen LogP contribution in [0.2, 0.25) is 0 Å². The van der Waals surface area contributed by atoms with Gasteiger partial charge in [-0.2, -0.15) is 0 Å². The first-order valence-electron chi connectivity index (χ1n) is 14.4. The number of aromatic nitrogens is 3. The lowest BCUT2D eigenvalue weighted by Crippen LogP contribution is -2.42. The summed E-state index contributed by atoms with van der Waals surface area (Å²) < 4.78 is 7.63. The van der Waals surface area contributed by atoms with Gasteiger partial charge < -0.3 is 14.0 Å². The second-order valence-corrected chi connectivity index (χ2v) is 12.1. The first-order valence-corrected chi connectivity index (χ1v) is 14.4. The molecule has 204 valence electrons.